The van der Waals surface area contributed by atoms with Gasteiger partial charge in [-0.1, -0.05) is 42.5 Å². The number of imidazole rings is 1. The van der Waals surface area contributed by atoms with E-state index in [1.54, 1.807) is 26.4 Å². The minimum Gasteiger partial charge on any atom is -0.351 e. The maximum Gasteiger partial charge on any atom is 0.416 e. The van der Waals surface area contributed by atoms with E-state index in [4.69, 9.17) is 5.73 Å². The highest BCUT2D eigenvalue weighted by molar-refractivity contribution is 6.00. The van der Waals surface area contributed by atoms with Crippen molar-refractivity contribution in [2.45, 2.75) is 57.4 Å². The van der Waals surface area contributed by atoms with Crippen molar-refractivity contribution >= 4 is 17.5 Å². The maximum atomic E-state index is 13.9. The Hall–Kier alpha value is -4.44. The molecule has 0 saturated carbocycles. The lowest BCUT2D eigenvalue weighted by molar-refractivity contribution is -0.137. The first kappa shape index (κ1) is 29.1. The molecule has 0 unspecified atom stereocenters. The minimum atomic E-state index is -4.53. The number of rotatable bonds is 7. The zero-order chi connectivity index (χ0) is 30.1. The molecule has 1 aromatic heterocycles. The van der Waals surface area contributed by atoms with Gasteiger partial charge in [0.2, 0.25) is 11.8 Å². The molecule has 0 saturated heterocycles. The van der Waals surface area contributed by atoms with E-state index in [2.05, 4.69) is 15.3 Å². The Morgan fingerprint density at radius 1 is 1.07 bits per heavy atom. The summed E-state index contributed by atoms with van der Waals surface area (Å²) in [4.78, 5) is 35.5. The fourth-order valence-corrected chi connectivity index (χ4v) is 5.27. The van der Waals surface area contributed by atoms with Crippen molar-refractivity contribution in [3.05, 3.63) is 95.9 Å². The molecule has 218 valence electrons. The number of nitrogens with zero attached hydrogens (tertiary/aromatic N) is 2. The molecule has 1 atom stereocenters. The molecule has 42 heavy (non-hydrogen) atoms. The van der Waals surface area contributed by atoms with E-state index in [-0.39, 0.29) is 25.8 Å². The molecule has 10 heteroatoms. The number of alkyl halides is 3. The van der Waals surface area contributed by atoms with Crippen molar-refractivity contribution in [3.8, 4) is 22.4 Å². The molecule has 0 radical (unpaired) electrons. The number of halogens is 3. The first-order chi connectivity index (χ1) is 19.9. The van der Waals surface area contributed by atoms with Crippen molar-refractivity contribution in [1.29, 1.82) is 0 Å². The Bertz CT molecular complexity index is 1580. The second-order valence-corrected chi connectivity index (χ2v) is 11.3. The minimum absolute atomic E-state index is 0.00404. The van der Waals surface area contributed by atoms with Gasteiger partial charge >= 0.3 is 6.18 Å². The number of carbonyl (C=O) groups excluding carboxylic acids is 2. The number of carbonyl (C=O) groups is 2. The summed E-state index contributed by atoms with van der Waals surface area (Å²) in [5, 5.41) is 2.78. The number of amides is 2. The van der Waals surface area contributed by atoms with Crippen LogP contribution in [0.3, 0.4) is 0 Å². The summed E-state index contributed by atoms with van der Waals surface area (Å²) in [7, 11) is 0. The largest absolute Gasteiger partial charge is 0.416 e. The zero-order valence-electron chi connectivity index (χ0n) is 23.3. The van der Waals surface area contributed by atoms with Crippen molar-refractivity contribution in [3.63, 3.8) is 0 Å². The highest BCUT2D eigenvalue weighted by atomic mass is 19.4. The smallest absolute Gasteiger partial charge is 0.351 e. The van der Waals surface area contributed by atoms with Crippen LogP contribution in [0.25, 0.3) is 22.4 Å². The van der Waals surface area contributed by atoms with Gasteiger partial charge in [-0.2, -0.15) is 13.2 Å². The number of hydrogen-bond donors (Lipinski definition) is 3. The van der Waals surface area contributed by atoms with E-state index in [1.807, 2.05) is 48.5 Å². The summed E-state index contributed by atoms with van der Waals surface area (Å²) in [5.74, 6) is -0.791. The Kier molecular flexibility index (Phi) is 7.92. The average Bonchev–Trinajstić information content (AvgIpc) is 3.44. The van der Waals surface area contributed by atoms with Gasteiger partial charge in [-0.3, -0.25) is 9.59 Å². The predicted molar refractivity (Wildman–Crippen MR) is 155 cm³/mol. The molecule has 4 aromatic rings. The summed E-state index contributed by atoms with van der Waals surface area (Å²) < 4.78 is 40.8. The molecule has 0 spiro atoms. The van der Waals surface area contributed by atoms with E-state index in [9.17, 15) is 22.8 Å². The van der Waals surface area contributed by atoms with Crippen LogP contribution in [0.15, 0.2) is 79.3 Å². The summed E-state index contributed by atoms with van der Waals surface area (Å²) in [6.07, 6.45) is -0.825. The van der Waals surface area contributed by atoms with Gasteiger partial charge in [0.05, 0.1) is 24.1 Å². The first-order valence-electron chi connectivity index (χ1n) is 13.7. The Labute approximate surface area is 242 Å². The zero-order valence-corrected chi connectivity index (χ0v) is 23.3. The predicted octanol–water partition coefficient (Wildman–Crippen LogP) is 5.85. The van der Waals surface area contributed by atoms with Crippen molar-refractivity contribution < 1.29 is 22.8 Å². The number of fused-ring (bicyclic) bond motifs is 1. The van der Waals surface area contributed by atoms with Crippen LogP contribution >= 0.6 is 0 Å². The van der Waals surface area contributed by atoms with Crippen LogP contribution in [0, 0.1) is 0 Å². The summed E-state index contributed by atoms with van der Waals surface area (Å²) in [6, 6.07) is 18.1. The van der Waals surface area contributed by atoms with Gasteiger partial charge in [0.25, 0.3) is 0 Å². The van der Waals surface area contributed by atoms with Crippen LogP contribution in [-0.2, 0) is 28.7 Å². The molecule has 0 fully saturated rings. The molecule has 2 heterocycles. The summed E-state index contributed by atoms with van der Waals surface area (Å²) >= 11 is 0. The highest BCUT2D eigenvalue weighted by Crippen LogP contribution is 2.37. The molecule has 3 aromatic carbocycles. The third-order valence-electron chi connectivity index (χ3n) is 7.20. The van der Waals surface area contributed by atoms with Crippen LogP contribution in [0.5, 0.6) is 0 Å². The molecule has 5 rings (SSSR count). The lowest BCUT2D eigenvalue weighted by Crippen LogP contribution is -2.49. The van der Waals surface area contributed by atoms with Gasteiger partial charge in [0, 0.05) is 29.4 Å². The van der Waals surface area contributed by atoms with Crippen LogP contribution in [0.2, 0.25) is 0 Å². The molecule has 4 N–H and O–H groups in total. The van der Waals surface area contributed by atoms with E-state index in [0.29, 0.717) is 16.9 Å². The van der Waals surface area contributed by atoms with Crippen LogP contribution in [-0.4, -0.2) is 33.4 Å². The standard InChI is InChI=1S/C32H32F3N5O2/c1-31(2,36)16-29(41)39-26-12-9-22-15-23(32(33,34)35)10-13-28(22)40(30(26)42)18-20-8-11-24(21-6-4-3-5-7-21)25(14-20)27-17-37-19-38-27/h3-8,10-11,13-15,17,19,26H,9,12,16,18,36H2,1-2H3,(H,37,38)(H,39,41)/t26-/m1/s1. The Balaban J connectivity index is 1.54. The summed E-state index contributed by atoms with van der Waals surface area (Å²) in [6.45, 7) is 3.50. The Morgan fingerprint density at radius 2 is 1.83 bits per heavy atom. The summed E-state index contributed by atoms with van der Waals surface area (Å²) in [5.41, 5.74) is 9.44. The normalized spacial score (nSPS) is 15.7. The second kappa shape index (κ2) is 11.4. The van der Waals surface area contributed by atoms with Crippen molar-refractivity contribution in [2.24, 2.45) is 5.73 Å². The number of nitrogens with one attached hydrogen (secondary N) is 2. The SMILES string of the molecule is CC(C)(N)CC(=O)N[C@@H]1CCc2cc(C(F)(F)F)ccc2N(Cc2ccc(-c3ccccc3)c(-c3c[nH]cn3)c2)C1=O. The number of hydrogen-bond acceptors (Lipinski definition) is 4. The molecule has 1 aliphatic rings. The topological polar surface area (TPSA) is 104 Å². The molecule has 0 aliphatic carbocycles. The van der Waals surface area contributed by atoms with E-state index in [0.717, 1.165) is 34.4 Å². The van der Waals surface area contributed by atoms with Gasteiger partial charge in [-0.15, -0.1) is 0 Å². The quantitative estimate of drug-likeness (QED) is 0.257. The van der Waals surface area contributed by atoms with Gasteiger partial charge in [-0.25, -0.2) is 4.98 Å². The third kappa shape index (κ3) is 6.54. The molecular weight excluding hydrogens is 543 g/mol. The van der Waals surface area contributed by atoms with Crippen LogP contribution < -0.4 is 16.0 Å². The number of anilines is 1. The number of nitrogens with two attached hydrogens (primary N) is 1. The monoisotopic (exact) mass is 575 g/mol. The first-order valence-corrected chi connectivity index (χ1v) is 13.7. The Morgan fingerprint density at radius 3 is 2.50 bits per heavy atom. The van der Waals surface area contributed by atoms with E-state index < -0.39 is 35.1 Å². The van der Waals surface area contributed by atoms with Gasteiger partial charge < -0.3 is 20.9 Å². The van der Waals surface area contributed by atoms with Gasteiger partial charge in [0.1, 0.15) is 6.04 Å². The molecule has 0 bridgehead atoms. The van der Waals surface area contributed by atoms with Crippen LogP contribution in [0.1, 0.15) is 43.4 Å². The molecule has 1 aliphatic heterocycles. The number of benzene rings is 3. The average molecular weight is 576 g/mol. The second-order valence-electron chi connectivity index (χ2n) is 11.3. The number of aromatic nitrogens is 2. The van der Waals surface area contributed by atoms with Crippen molar-refractivity contribution in [2.75, 3.05) is 4.90 Å². The number of aryl methyl sites for hydroxylation is 1. The number of aromatic amines is 1. The number of H-pyrrole nitrogens is 1. The van der Waals surface area contributed by atoms with Gasteiger partial charge in [-0.05, 0) is 73.2 Å². The lowest BCUT2D eigenvalue weighted by atomic mass is 9.95. The molecule has 2 amide bonds. The van der Waals surface area contributed by atoms with E-state index in [1.165, 1.54) is 11.0 Å². The van der Waals surface area contributed by atoms with Crippen molar-refractivity contribution in [1.82, 2.24) is 15.3 Å². The molecule has 7 nitrogen and oxygen atoms in total. The lowest BCUT2D eigenvalue weighted by Gasteiger charge is -2.28. The third-order valence-corrected chi connectivity index (χ3v) is 7.20. The fourth-order valence-electron chi connectivity index (χ4n) is 5.27. The maximum absolute atomic E-state index is 13.9. The van der Waals surface area contributed by atoms with Crippen LogP contribution in [0.4, 0.5) is 18.9 Å². The van der Waals surface area contributed by atoms with Gasteiger partial charge in [0.15, 0.2) is 0 Å². The molecular formula is C32H32F3N5O2. The fraction of sp³-hybridized carbons (Fsp3) is 0.281. The van der Waals surface area contributed by atoms with E-state index >= 15 is 0 Å². The highest BCUT2D eigenvalue weighted by Gasteiger charge is 2.35.